The molecule has 0 aliphatic carbocycles. The van der Waals surface area contributed by atoms with E-state index in [4.69, 9.17) is 23.2 Å². The van der Waals surface area contributed by atoms with Gasteiger partial charge in [0.15, 0.2) is 0 Å². The van der Waals surface area contributed by atoms with Crippen LogP contribution < -0.4 is 9.62 Å². The van der Waals surface area contributed by atoms with Gasteiger partial charge in [0.25, 0.3) is 0 Å². The number of sulfonamides is 1. The van der Waals surface area contributed by atoms with E-state index >= 15 is 0 Å². The minimum atomic E-state index is -3.76. The summed E-state index contributed by atoms with van der Waals surface area (Å²) in [5.74, 6) is -0.926. The van der Waals surface area contributed by atoms with E-state index < -0.39 is 28.5 Å². The number of para-hydroxylation sites is 1. The Morgan fingerprint density at radius 3 is 2.10 bits per heavy atom. The average Bonchev–Trinajstić information content (AvgIpc) is 2.73. The summed E-state index contributed by atoms with van der Waals surface area (Å²) in [5, 5.41) is 3.25. The van der Waals surface area contributed by atoms with Crippen molar-refractivity contribution in [2.24, 2.45) is 0 Å². The summed E-state index contributed by atoms with van der Waals surface area (Å²) in [6.07, 6.45) is 1.34. The van der Waals surface area contributed by atoms with E-state index in [0.717, 1.165) is 10.6 Å². The molecule has 0 aromatic heterocycles. The number of carbonyl (C=O) groups is 2. The molecule has 0 aliphatic rings. The van der Waals surface area contributed by atoms with Gasteiger partial charge in [-0.2, -0.15) is 0 Å². The summed E-state index contributed by atoms with van der Waals surface area (Å²) in [6.45, 7) is 1.24. The van der Waals surface area contributed by atoms with E-state index in [9.17, 15) is 18.0 Å². The van der Waals surface area contributed by atoms with Crippen LogP contribution in [0.15, 0.2) is 48.5 Å². The summed E-state index contributed by atoms with van der Waals surface area (Å²) in [4.78, 5) is 27.2. The second-order valence-corrected chi connectivity index (χ2v) is 9.59. The highest BCUT2D eigenvalue weighted by Crippen LogP contribution is 2.27. The number of anilines is 1. The van der Waals surface area contributed by atoms with Crippen LogP contribution in [0.3, 0.4) is 0 Å². The molecule has 0 fully saturated rings. The van der Waals surface area contributed by atoms with Crippen molar-refractivity contribution >= 4 is 50.7 Å². The zero-order valence-corrected chi connectivity index (χ0v) is 19.8. The third-order valence-electron chi connectivity index (χ3n) is 4.75. The van der Waals surface area contributed by atoms with Crippen LogP contribution in [0.4, 0.5) is 5.69 Å². The fraction of sp³-hybridized carbons (Fsp3) is 0.333. The van der Waals surface area contributed by atoms with Crippen LogP contribution in [0.2, 0.25) is 10.0 Å². The Morgan fingerprint density at radius 1 is 1.03 bits per heavy atom. The van der Waals surface area contributed by atoms with Gasteiger partial charge in [0.05, 0.1) is 11.9 Å². The predicted molar refractivity (Wildman–Crippen MR) is 124 cm³/mol. The minimum absolute atomic E-state index is 0.0460. The molecular weight excluding hydrogens is 461 g/mol. The molecule has 1 N–H and O–H groups in total. The maximum absolute atomic E-state index is 13.4. The van der Waals surface area contributed by atoms with Gasteiger partial charge >= 0.3 is 0 Å². The van der Waals surface area contributed by atoms with Gasteiger partial charge in [0, 0.05) is 29.2 Å². The van der Waals surface area contributed by atoms with Gasteiger partial charge in [-0.05, 0) is 30.7 Å². The monoisotopic (exact) mass is 485 g/mol. The predicted octanol–water partition coefficient (Wildman–Crippen LogP) is 3.31. The highest BCUT2D eigenvalue weighted by Gasteiger charge is 2.32. The van der Waals surface area contributed by atoms with Crippen molar-refractivity contribution in [3.05, 3.63) is 64.1 Å². The maximum atomic E-state index is 13.4. The SMILES string of the molecule is CC[C@H](C(=O)NC)N(Cc1c(Cl)cccc1Cl)C(=O)CN(c1ccccc1)S(C)(=O)=O. The fourth-order valence-corrected chi connectivity index (χ4v) is 4.51. The number of amides is 2. The number of rotatable bonds is 9. The first-order valence-corrected chi connectivity index (χ1v) is 12.2. The van der Waals surface area contributed by atoms with E-state index in [0.29, 0.717) is 27.7 Å². The molecule has 7 nitrogen and oxygen atoms in total. The van der Waals surface area contributed by atoms with Crippen molar-refractivity contribution in [3.63, 3.8) is 0 Å². The molecule has 2 aromatic carbocycles. The minimum Gasteiger partial charge on any atom is -0.357 e. The van der Waals surface area contributed by atoms with Crippen molar-refractivity contribution in [3.8, 4) is 0 Å². The lowest BCUT2D eigenvalue weighted by molar-refractivity contribution is -0.140. The van der Waals surface area contributed by atoms with Crippen LogP contribution in [0.5, 0.6) is 0 Å². The van der Waals surface area contributed by atoms with E-state index in [1.807, 2.05) is 0 Å². The first-order chi connectivity index (χ1) is 14.6. The summed E-state index contributed by atoms with van der Waals surface area (Å²) in [7, 11) is -2.29. The third-order valence-corrected chi connectivity index (χ3v) is 6.59. The normalized spacial score (nSPS) is 12.2. The molecule has 2 rings (SSSR count). The largest absolute Gasteiger partial charge is 0.357 e. The number of likely N-dealkylation sites (N-methyl/N-ethyl adjacent to an activating group) is 1. The van der Waals surface area contributed by atoms with Crippen LogP contribution in [0, 0.1) is 0 Å². The molecule has 0 heterocycles. The van der Waals surface area contributed by atoms with Gasteiger partial charge in [-0.25, -0.2) is 8.42 Å². The summed E-state index contributed by atoms with van der Waals surface area (Å²) in [5.41, 5.74) is 0.828. The Balaban J connectivity index is 2.46. The van der Waals surface area contributed by atoms with E-state index in [1.54, 1.807) is 55.5 Å². The number of halogens is 2. The Morgan fingerprint density at radius 2 is 1.61 bits per heavy atom. The lowest BCUT2D eigenvalue weighted by atomic mass is 10.1. The fourth-order valence-electron chi connectivity index (χ4n) is 3.15. The molecule has 0 bridgehead atoms. The number of nitrogens with one attached hydrogen (secondary N) is 1. The summed E-state index contributed by atoms with van der Waals surface area (Å²) >= 11 is 12.6. The van der Waals surface area contributed by atoms with Gasteiger partial charge in [-0.1, -0.05) is 54.4 Å². The molecule has 0 saturated heterocycles. The van der Waals surface area contributed by atoms with Gasteiger partial charge in [-0.3, -0.25) is 13.9 Å². The number of nitrogens with zero attached hydrogens (tertiary/aromatic N) is 2. The summed E-state index contributed by atoms with van der Waals surface area (Å²) < 4.78 is 25.8. The van der Waals surface area contributed by atoms with Crippen LogP contribution in [-0.2, 0) is 26.2 Å². The zero-order valence-electron chi connectivity index (χ0n) is 17.5. The first-order valence-electron chi connectivity index (χ1n) is 9.56. The van der Waals surface area contributed by atoms with Crippen molar-refractivity contribution in [2.45, 2.75) is 25.9 Å². The van der Waals surface area contributed by atoms with Crippen LogP contribution >= 0.6 is 23.2 Å². The lowest BCUT2D eigenvalue weighted by Gasteiger charge is -2.33. The standard InChI is InChI=1S/C21H25Cl2N3O4S/c1-4-19(21(28)24-2)25(13-16-17(22)11-8-12-18(16)23)20(27)14-26(31(3,29)30)15-9-6-5-7-10-15/h5-12,19H,4,13-14H2,1-3H3,(H,24,28)/t19-/m1/s1. The summed E-state index contributed by atoms with van der Waals surface area (Å²) in [6, 6.07) is 12.4. The topological polar surface area (TPSA) is 86.8 Å². The van der Waals surface area contributed by atoms with Crippen LogP contribution in [0.1, 0.15) is 18.9 Å². The number of carbonyl (C=O) groups excluding carboxylic acids is 2. The Bertz CT molecular complexity index is 1010. The Hall–Kier alpha value is -2.29. The van der Waals surface area contributed by atoms with Crippen molar-refractivity contribution in [1.82, 2.24) is 10.2 Å². The zero-order chi connectivity index (χ0) is 23.2. The highest BCUT2D eigenvalue weighted by atomic mass is 35.5. The average molecular weight is 486 g/mol. The molecule has 168 valence electrons. The van der Waals surface area contributed by atoms with E-state index in [-0.39, 0.29) is 12.5 Å². The third kappa shape index (κ3) is 6.35. The lowest BCUT2D eigenvalue weighted by Crippen LogP contribution is -2.51. The Labute approximate surface area is 193 Å². The second kappa shape index (κ2) is 10.8. The molecular formula is C21H25Cl2N3O4S. The molecule has 0 spiro atoms. The smallest absolute Gasteiger partial charge is 0.244 e. The number of hydrogen-bond acceptors (Lipinski definition) is 4. The quantitative estimate of drug-likeness (QED) is 0.589. The van der Waals surface area contributed by atoms with E-state index in [1.165, 1.54) is 11.9 Å². The highest BCUT2D eigenvalue weighted by molar-refractivity contribution is 7.92. The van der Waals surface area contributed by atoms with Gasteiger partial charge in [0.1, 0.15) is 12.6 Å². The first kappa shape index (κ1) is 25.0. The van der Waals surface area contributed by atoms with E-state index in [2.05, 4.69) is 5.32 Å². The number of hydrogen-bond donors (Lipinski definition) is 1. The van der Waals surface area contributed by atoms with Gasteiger partial charge < -0.3 is 10.2 Å². The molecule has 0 saturated carbocycles. The molecule has 0 unspecified atom stereocenters. The maximum Gasteiger partial charge on any atom is 0.244 e. The van der Waals surface area contributed by atoms with Gasteiger partial charge in [0.2, 0.25) is 21.8 Å². The van der Waals surface area contributed by atoms with Crippen molar-refractivity contribution < 1.29 is 18.0 Å². The molecule has 31 heavy (non-hydrogen) atoms. The molecule has 1 atom stereocenters. The Kier molecular flexibility index (Phi) is 8.73. The molecule has 0 aliphatic heterocycles. The van der Waals surface area contributed by atoms with Crippen molar-refractivity contribution in [2.75, 3.05) is 24.2 Å². The van der Waals surface area contributed by atoms with Crippen molar-refractivity contribution in [1.29, 1.82) is 0 Å². The number of benzene rings is 2. The molecule has 2 amide bonds. The molecule has 10 heteroatoms. The van der Waals surface area contributed by atoms with Crippen LogP contribution in [-0.4, -0.2) is 51.0 Å². The molecule has 2 aromatic rings. The van der Waals surface area contributed by atoms with Crippen LogP contribution in [0.25, 0.3) is 0 Å². The van der Waals surface area contributed by atoms with Gasteiger partial charge in [-0.15, -0.1) is 0 Å². The molecule has 0 radical (unpaired) electrons. The second-order valence-electron chi connectivity index (χ2n) is 6.87.